The van der Waals surface area contributed by atoms with Crippen molar-refractivity contribution in [2.24, 2.45) is 0 Å². The molecule has 0 saturated heterocycles. The summed E-state index contributed by atoms with van der Waals surface area (Å²) in [4.78, 5) is 11.6. The minimum atomic E-state index is 0.311. The van der Waals surface area contributed by atoms with Gasteiger partial charge >= 0.3 is 0 Å². The van der Waals surface area contributed by atoms with Crippen LogP contribution in [0.4, 0.5) is 5.69 Å². The van der Waals surface area contributed by atoms with E-state index in [9.17, 15) is 4.79 Å². The van der Waals surface area contributed by atoms with Gasteiger partial charge in [-0.05, 0) is 18.6 Å². The van der Waals surface area contributed by atoms with Crippen molar-refractivity contribution in [2.45, 2.75) is 45.4 Å². The average molecular weight is 233 g/mol. The summed E-state index contributed by atoms with van der Waals surface area (Å²) in [6, 6.07) is 9.87. The van der Waals surface area contributed by atoms with Crippen LogP contribution in [0.2, 0.25) is 0 Å². The molecule has 0 radical (unpaired) electrons. The molecule has 94 valence electrons. The van der Waals surface area contributed by atoms with Gasteiger partial charge in [0, 0.05) is 12.1 Å². The smallest absolute Gasteiger partial charge is 0.151 e. The Morgan fingerprint density at radius 1 is 1.06 bits per heavy atom. The Morgan fingerprint density at radius 3 is 2.47 bits per heavy atom. The lowest BCUT2D eigenvalue weighted by molar-refractivity contribution is -0.117. The summed E-state index contributed by atoms with van der Waals surface area (Å²) >= 11 is 0. The second-order valence-corrected chi connectivity index (χ2v) is 4.42. The van der Waals surface area contributed by atoms with Crippen LogP contribution >= 0.6 is 0 Å². The number of benzene rings is 1. The standard InChI is InChI=1S/C15H23NO/c1-2-3-4-5-9-12-15(17)13-16-14-10-7-6-8-11-14/h6-8,10-11,16H,2-5,9,12-13H2,1H3. The molecular weight excluding hydrogens is 210 g/mol. The highest BCUT2D eigenvalue weighted by Gasteiger charge is 2.01. The third-order valence-corrected chi connectivity index (χ3v) is 2.82. The van der Waals surface area contributed by atoms with Gasteiger partial charge in [-0.1, -0.05) is 50.8 Å². The van der Waals surface area contributed by atoms with Crippen LogP contribution in [-0.2, 0) is 4.79 Å². The molecule has 2 nitrogen and oxygen atoms in total. The fourth-order valence-corrected chi connectivity index (χ4v) is 1.77. The third kappa shape index (κ3) is 6.77. The summed E-state index contributed by atoms with van der Waals surface area (Å²) in [5.41, 5.74) is 1.02. The van der Waals surface area contributed by atoms with Crippen molar-refractivity contribution >= 4 is 11.5 Å². The molecule has 0 atom stereocenters. The SMILES string of the molecule is CCCCCCCC(=O)CNc1ccccc1. The maximum atomic E-state index is 11.6. The molecule has 2 heteroatoms. The predicted molar refractivity (Wildman–Crippen MR) is 73.3 cm³/mol. The number of para-hydroxylation sites is 1. The summed E-state index contributed by atoms with van der Waals surface area (Å²) in [5.74, 6) is 0.311. The van der Waals surface area contributed by atoms with Crippen molar-refractivity contribution in [1.29, 1.82) is 0 Å². The van der Waals surface area contributed by atoms with Crippen molar-refractivity contribution < 1.29 is 4.79 Å². The van der Waals surface area contributed by atoms with Crippen molar-refractivity contribution in [3.63, 3.8) is 0 Å². The van der Waals surface area contributed by atoms with Crippen LogP contribution in [0.15, 0.2) is 30.3 Å². The van der Waals surface area contributed by atoms with Crippen molar-refractivity contribution in [3.05, 3.63) is 30.3 Å². The zero-order valence-corrected chi connectivity index (χ0v) is 10.7. The zero-order chi connectivity index (χ0) is 12.3. The van der Waals surface area contributed by atoms with E-state index in [1.165, 1.54) is 25.7 Å². The number of hydrogen-bond donors (Lipinski definition) is 1. The lowest BCUT2D eigenvalue weighted by atomic mass is 10.1. The monoisotopic (exact) mass is 233 g/mol. The quantitative estimate of drug-likeness (QED) is 0.652. The van der Waals surface area contributed by atoms with Crippen molar-refractivity contribution in [1.82, 2.24) is 0 Å². The number of carbonyl (C=O) groups is 1. The molecule has 1 rings (SSSR count). The van der Waals surface area contributed by atoms with Crippen molar-refractivity contribution in [2.75, 3.05) is 11.9 Å². The van der Waals surface area contributed by atoms with Gasteiger partial charge in [0.1, 0.15) is 0 Å². The Kier molecular flexibility index (Phi) is 7.12. The van der Waals surface area contributed by atoms with Crippen LogP contribution < -0.4 is 5.32 Å². The molecule has 0 fully saturated rings. The van der Waals surface area contributed by atoms with E-state index in [-0.39, 0.29) is 0 Å². The second-order valence-electron chi connectivity index (χ2n) is 4.42. The molecule has 0 amide bonds. The molecule has 0 heterocycles. The molecule has 0 saturated carbocycles. The van der Waals surface area contributed by atoms with Gasteiger partial charge in [0.15, 0.2) is 5.78 Å². The Morgan fingerprint density at radius 2 is 1.76 bits per heavy atom. The van der Waals surface area contributed by atoms with Crippen LogP contribution in [0, 0.1) is 0 Å². The lowest BCUT2D eigenvalue weighted by Gasteiger charge is -2.05. The molecule has 1 N–H and O–H groups in total. The number of carbonyl (C=O) groups excluding carboxylic acids is 1. The molecule has 0 aliphatic heterocycles. The molecule has 0 spiro atoms. The summed E-state index contributed by atoms with van der Waals surface area (Å²) in [7, 11) is 0. The topological polar surface area (TPSA) is 29.1 Å². The fraction of sp³-hybridized carbons (Fsp3) is 0.533. The maximum Gasteiger partial charge on any atom is 0.151 e. The van der Waals surface area contributed by atoms with Gasteiger partial charge in [0.25, 0.3) is 0 Å². The van der Waals surface area contributed by atoms with Crippen molar-refractivity contribution in [3.8, 4) is 0 Å². The van der Waals surface area contributed by atoms with E-state index in [2.05, 4.69) is 12.2 Å². The molecule has 1 aromatic rings. The lowest BCUT2D eigenvalue weighted by Crippen LogP contribution is -2.13. The normalized spacial score (nSPS) is 10.2. The number of anilines is 1. The molecule has 0 aliphatic rings. The maximum absolute atomic E-state index is 11.6. The number of ketones is 1. The van der Waals surface area contributed by atoms with Crippen LogP contribution in [0.5, 0.6) is 0 Å². The molecule has 0 aromatic heterocycles. The summed E-state index contributed by atoms with van der Waals surface area (Å²) in [6.45, 7) is 2.66. The first-order valence-electron chi connectivity index (χ1n) is 6.63. The van der Waals surface area contributed by atoms with Crippen LogP contribution in [0.25, 0.3) is 0 Å². The van der Waals surface area contributed by atoms with Gasteiger partial charge in [-0.3, -0.25) is 4.79 Å². The first-order valence-corrected chi connectivity index (χ1v) is 6.63. The first-order chi connectivity index (χ1) is 8.33. The zero-order valence-electron chi connectivity index (χ0n) is 10.7. The Balaban J connectivity index is 2.05. The number of hydrogen-bond acceptors (Lipinski definition) is 2. The van der Waals surface area contributed by atoms with E-state index >= 15 is 0 Å². The third-order valence-electron chi connectivity index (χ3n) is 2.82. The van der Waals surface area contributed by atoms with E-state index in [0.29, 0.717) is 18.7 Å². The largest absolute Gasteiger partial charge is 0.378 e. The number of unbranched alkanes of at least 4 members (excludes halogenated alkanes) is 4. The van der Waals surface area contributed by atoms with E-state index in [4.69, 9.17) is 0 Å². The van der Waals surface area contributed by atoms with E-state index < -0.39 is 0 Å². The van der Waals surface area contributed by atoms with Crippen LogP contribution in [0.3, 0.4) is 0 Å². The fourth-order valence-electron chi connectivity index (χ4n) is 1.77. The Hall–Kier alpha value is -1.31. The minimum absolute atomic E-state index is 0.311. The minimum Gasteiger partial charge on any atom is -0.378 e. The summed E-state index contributed by atoms with van der Waals surface area (Å²) < 4.78 is 0. The number of Topliss-reactive ketones (excluding diaryl/α,β-unsaturated/α-hetero) is 1. The Bertz CT molecular complexity index is 308. The highest BCUT2D eigenvalue weighted by molar-refractivity contribution is 5.82. The van der Waals surface area contributed by atoms with E-state index in [0.717, 1.165) is 12.1 Å². The Labute approximate surface area is 104 Å². The first kappa shape index (κ1) is 13.8. The van der Waals surface area contributed by atoms with E-state index in [1.54, 1.807) is 0 Å². The summed E-state index contributed by atoms with van der Waals surface area (Å²) in [5, 5.41) is 3.15. The number of nitrogens with one attached hydrogen (secondary N) is 1. The molecular formula is C15H23NO. The van der Waals surface area contributed by atoms with Gasteiger partial charge < -0.3 is 5.32 Å². The van der Waals surface area contributed by atoms with Gasteiger partial charge in [-0.15, -0.1) is 0 Å². The van der Waals surface area contributed by atoms with E-state index in [1.807, 2.05) is 30.3 Å². The van der Waals surface area contributed by atoms with Gasteiger partial charge in [-0.25, -0.2) is 0 Å². The molecule has 0 bridgehead atoms. The highest BCUT2D eigenvalue weighted by atomic mass is 16.1. The average Bonchev–Trinajstić information content (AvgIpc) is 2.37. The van der Waals surface area contributed by atoms with Gasteiger partial charge in [0.05, 0.1) is 6.54 Å². The van der Waals surface area contributed by atoms with Crippen LogP contribution in [-0.4, -0.2) is 12.3 Å². The molecule has 17 heavy (non-hydrogen) atoms. The molecule has 0 aliphatic carbocycles. The molecule has 0 unspecified atom stereocenters. The van der Waals surface area contributed by atoms with Crippen LogP contribution in [0.1, 0.15) is 45.4 Å². The second kappa shape index (κ2) is 8.80. The number of rotatable bonds is 9. The van der Waals surface area contributed by atoms with Gasteiger partial charge in [0.2, 0.25) is 0 Å². The molecule has 1 aromatic carbocycles. The van der Waals surface area contributed by atoms with Gasteiger partial charge in [-0.2, -0.15) is 0 Å². The highest BCUT2D eigenvalue weighted by Crippen LogP contribution is 2.07. The summed E-state index contributed by atoms with van der Waals surface area (Å²) in [6.07, 6.45) is 6.74. The predicted octanol–water partition coefficient (Wildman–Crippen LogP) is 4.03.